The number of benzene rings is 2. The highest BCUT2D eigenvalue weighted by Gasteiger charge is 2.25. The summed E-state index contributed by atoms with van der Waals surface area (Å²) in [6.07, 6.45) is 5.88. The molecule has 34 heavy (non-hydrogen) atoms. The highest BCUT2D eigenvalue weighted by Crippen LogP contribution is 2.33. The number of carbonyl (C=O) groups excluding carboxylic acids is 1. The molecule has 0 spiro atoms. The van der Waals surface area contributed by atoms with Crippen LogP contribution in [0.1, 0.15) is 24.0 Å². The standard InChI is InChI=1S/C27H26ClN5O/c1-3-33-24-10-6-8-22(21-7-4-5-9-23(21)28)26(24)30-25(33)14-12-19-11-13-20(29-17-19)18-32-16-15-31(2)27(32)34/h4-14,17H,3,15-16,18H2,1-2H3/b14-12+. The zero-order valence-electron chi connectivity index (χ0n) is 19.3. The van der Waals surface area contributed by atoms with Crippen LogP contribution < -0.4 is 0 Å². The number of likely N-dealkylation sites (N-methyl/N-ethyl adjacent to an activating group) is 1. The summed E-state index contributed by atoms with van der Waals surface area (Å²) < 4.78 is 2.20. The van der Waals surface area contributed by atoms with Gasteiger partial charge in [0.25, 0.3) is 0 Å². The predicted molar refractivity (Wildman–Crippen MR) is 137 cm³/mol. The lowest BCUT2D eigenvalue weighted by Gasteiger charge is -2.15. The van der Waals surface area contributed by atoms with Gasteiger partial charge in [0.2, 0.25) is 0 Å². The van der Waals surface area contributed by atoms with Crippen LogP contribution in [-0.4, -0.2) is 50.5 Å². The number of aryl methyl sites for hydroxylation is 1. The van der Waals surface area contributed by atoms with E-state index in [-0.39, 0.29) is 6.03 Å². The molecule has 0 radical (unpaired) electrons. The first kappa shape index (κ1) is 22.2. The number of fused-ring (bicyclic) bond motifs is 1. The van der Waals surface area contributed by atoms with E-state index in [9.17, 15) is 4.79 Å². The van der Waals surface area contributed by atoms with Gasteiger partial charge in [-0.3, -0.25) is 4.98 Å². The summed E-state index contributed by atoms with van der Waals surface area (Å²) in [6.45, 7) is 4.95. The van der Waals surface area contributed by atoms with E-state index in [0.717, 1.165) is 58.9 Å². The number of pyridine rings is 1. The van der Waals surface area contributed by atoms with Gasteiger partial charge in [-0.2, -0.15) is 0 Å². The van der Waals surface area contributed by atoms with Gasteiger partial charge >= 0.3 is 6.03 Å². The number of nitrogens with zero attached hydrogens (tertiary/aromatic N) is 5. The van der Waals surface area contributed by atoms with Crippen molar-refractivity contribution in [3.8, 4) is 11.1 Å². The van der Waals surface area contributed by atoms with E-state index in [1.807, 2.05) is 72.8 Å². The van der Waals surface area contributed by atoms with Gasteiger partial charge < -0.3 is 14.4 Å². The van der Waals surface area contributed by atoms with E-state index in [1.165, 1.54) is 0 Å². The average molecular weight is 472 g/mol. The second-order valence-electron chi connectivity index (χ2n) is 8.41. The van der Waals surface area contributed by atoms with Crippen molar-refractivity contribution in [3.63, 3.8) is 0 Å². The van der Waals surface area contributed by atoms with Gasteiger partial charge in [0, 0.05) is 49.0 Å². The molecule has 4 aromatic rings. The third kappa shape index (κ3) is 4.17. The summed E-state index contributed by atoms with van der Waals surface area (Å²) in [5.41, 5.74) is 5.88. The number of carbonyl (C=O) groups is 1. The summed E-state index contributed by atoms with van der Waals surface area (Å²) in [4.78, 5) is 25.2. The van der Waals surface area contributed by atoms with Gasteiger partial charge in [0.1, 0.15) is 5.82 Å². The van der Waals surface area contributed by atoms with Crippen LogP contribution in [0.25, 0.3) is 34.3 Å². The lowest BCUT2D eigenvalue weighted by Crippen LogP contribution is -2.29. The second-order valence-corrected chi connectivity index (χ2v) is 8.82. The minimum absolute atomic E-state index is 0.0559. The van der Waals surface area contributed by atoms with E-state index >= 15 is 0 Å². The van der Waals surface area contributed by atoms with Crippen molar-refractivity contribution in [2.24, 2.45) is 0 Å². The lowest BCUT2D eigenvalue weighted by atomic mass is 10.0. The monoisotopic (exact) mass is 471 g/mol. The largest absolute Gasteiger partial charge is 0.326 e. The van der Waals surface area contributed by atoms with Gasteiger partial charge in [0.15, 0.2) is 0 Å². The van der Waals surface area contributed by atoms with Gasteiger partial charge in [-0.1, -0.05) is 48.0 Å². The summed E-state index contributed by atoms with van der Waals surface area (Å²) in [6, 6.07) is 18.1. The first-order valence-corrected chi connectivity index (χ1v) is 11.8. The van der Waals surface area contributed by atoms with Crippen molar-refractivity contribution in [1.29, 1.82) is 0 Å². The minimum Gasteiger partial charge on any atom is -0.326 e. The van der Waals surface area contributed by atoms with Crippen LogP contribution in [0.5, 0.6) is 0 Å². The van der Waals surface area contributed by atoms with Crippen molar-refractivity contribution in [2.75, 3.05) is 20.1 Å². The van der Waals surface area contributed by atoms with Crippen molar-refractivity contribution >= 4 is 40.8 Å². The molecular formula is C27H26ClN5O. The Morgan fingerprint density at radius 1 is 1.00 bits per heavy atom. The summed E-state index contributed by atoms with van der Waals surface area (Å²) in [7, 11) is 1.82. The van der Waals surface area contributed by atoms with Crippen LogP contribution in [0, 0.1) is 0 Å². The molecule has 1 saturated heterocycles. The second kappa shape index (κ2) is 9.31. The molecule has 172 valence electrons. The van der Waals surface area contributed by atoms with Gasteiger partial charge in [-0.25, -0.2) is 9.78 Å². The zero-order chi connectivity index (χ0) is 23.7. The summed E-state index contributed by atoms with van der Waals surface area (Å²) in [5.74, 6) is 0.881. The molecule has 3 heterocycles. The SMILES string of the molecule is CCn1c(/C=C/c2ccc(CN3CCN(C)C3=O)nc2)nc2c(-c3ccccc3Cl)cccc21. The fourth-order valence-electron chi connectivity index (χ4n) is 4.37. The third-order valence-corrected chi connectivity index (χ3v) is 6.55. The molecule has 0 saturated carbocycles. The molecule has 7 heteroatoms. The highest BCUT2D eigenvalue weighted by molar-refractivity contribution is 6.33. The van der Waals surface area contributed by atoms with E-state index in [4.69, 9.17) is 16.6 Å². The van der Waals surface area contributed by atoms with E-state index in [1.54, 1.807) is 4.90 Å². The fourth-order valence-corrected chi connectivity index (χ4v) is 4.60. The van der Waals surface area contributed by atoms with E-state index < -0.39 is 0 Å². The molecule has 1 fully saturated rings. The van der Waals surface area contributed by atoms with Gasteiger partial charge in [-0.05, 0) is 42.8 Å². The molecule has 5 rings (SSSR count). The molecule has 0 bridgehead atoms. The fraction of sp³-hybridized carbons (Fsp3) is 0.222. The van der Waals surface area contributed by atoms with Crippen LogP contribution in [0.2, 0.25) is 5.02 Å². The number of rotatable bonds is 6. The number of imidazole rings is 1. The number of amides is 2. The maximum atomic E-state index is 12.1. The Morgan fingerprint density at radius 2 is 1.82 bits per heavy atom. The van der Waals surface area contributed by atoms with Crippen LogP contribution in [-0.2, 0) is 13.1 Å². The molecule has 0 N–H and O–H groups in total. The molecule has 2 aromatic carbocycles. The first-order chi connectivity index (χ1) is 16.5. The number of hydrogen-bond donors (Lipinski definition) is 0. The van der Waals surface area contributed by atoms with Crippen molar-refractivity contribution in [2.45, 2.75) is 20.0 Å². The number of para-hydroxylation sites is 1. The van der Waals surface area contributed by atoms with Crippen LogP contribution >= 0.6 is 11.6 Å². The zero-order valence-corrected chi connectivity index (χ0v) is 20.0. The maximum absolute atomic E-state index is 12.1. The Kier molecular flexibility index (Phi) is 6.07. The highest BCUT2D eigenvalue weighted by atomic mass is 35.5. The predicted octanol–water partition coefficient (Wildman–Crippen LogP) is 5.81. The van der Waals surface area contributed by atoms with Crippen molar-refractivity contribution in [3.05, 3.63) is 82.9 Å². The summed E-state index contributed by atoms with van der Waals surface area (Å²) in [5, 5.41) is 0.714. The molecule has 0 unspecified atom stereocenters. The molecule has 0 aliphatic carbocycles. The minimum atomic E-state index is 0.0559. The lowest BCUT2D eigenvalue weighted by molar-refractivity contribution is 0.196. The van der Waals surface area contributed by atoms with Crippen molar-refractivity contribution in [1.82, 2.24) is 24.3 Å². The maximum Gasteiger partial charge on any atom is 0.320 e. The topological polar surface area (TPSA) is 54.3 Å². The van der Waals surface area contributed by atoms with Crippen LogP contribution in [0.3, 0.4) is 0 Å². The first-order valence-electron chi connectivity index (χ1n) is 11.4. The molecule has 2 amide bonds. The number of hydrogen-bond acceptors (Lipinski definition) is 3. The Hall–Kier alpha value is -3.64. The molecule has 6 nitrogen and oxygen atoms in total. The number of urea groups is 1. The van der Waals surface area contributed by atoms with E-state index in [2.05, 4.69) is 28.6 Å². The van der Waals surface area contributed by atoms with Crippen molar-refractivity contribution < 1.29 is 4.79 Å². The Labute approximate surface area is 204 Å². The smallest absolute Gasteiger partial charge is 0.320 e. The average Bonchev–Trinajstić information content (AvgIpc) is 3.38. The molecule has 2 aromatic heterocycles. The Balaban J connectivity index is 1.41. The molecule has 1 aliphatic heterocycles. The molecule has 1 aliphatic rings. The summed E-state index contributed by atoms with van der Waals surface area (Å²) >= 11 is 6.48. The quantitative estimate of drug-likeness (QED) is 0.356. The molecule has 0 atom stereocenters. The van der Waals surface area contributed by atoms with Gasteiger partial charge in [-0.15, -0.1) is 0 Å². The van der Waals surface area contributed by atoms with E-state index in [0.29, 0.717) is 11.6 Å². The number of aromatic nitrogens is 3. The third-order valence-electron chi connectivity index (χ3n) is 6.22. The Bertz CT molecular complexity index is 1380. The Morgan fingerprint density at radius 3 is 2.53 bits per heavy atom. The normalized spacial score (nSPS) is 14.1. The van der Waals surface area contributed by atoms with Gasteiger partial charge in [0.05, 0.1) is 23.3 Å². The number of halogens is 1. The van der Waals surface area contributed by atoms with Crippen LogP contribution in [0.15, 0.2) is 60.8 Å². The van der Waals surface area contributed by atoms with Crippen LogP contribution in [0.4, 0.5) is 4.79 Å². The molecular weight excluding hydrogens is 446 g/mol.